The molecule has 0 saturated carbocycles. The molecule has 0 aliphatic carbocycles. The molecule has 2 amide bonds. The van der Waals surface area contributed by atoms with Gasteiger partial charge in [-0.25, -0.2) is 9.59 Å². The van der Waals surface area contributed by atoms with Gasteiger partial charge in [0, 0.05) is 24.2 Å². The van der Waals surface area contributed by atoms with Crippen molar-refractivity contribution in [1.82, 2.24) is 5.32 Å². The summed E-state index contributed by atoms with van der Waals surface area (Å²) < 4.78 is 16.1. The number of nitrogens with zero attached hydrogens (tertiary/aromatic N) is 1. The highest BCUT2D eigenvalue weighted by Gasteiger charge is 2.28. The third-order valence-corrected chi connectivity index (χ3v) is 5.44. The number of rotatable bonds is 7. The van der Waals surface area contributed by atoms with Crippen molar-refractivity contribution in [2.75, 3.05) is 24.4 Å². The normalized spacial score (nSPS) is 12.2. The maximum atomic E-state index is 13.2. The molecule has 0 aliphatic rings. The summed E-state index contributed by atoms with van der Waals surface area (Å²) in [5.74, 6) is -0.179. The molecule has 2 aromatic carbocycles. The quantitative estimate of drug-likeness (QED) is 0.441. The lowest BCUT2D eigenvalue weighted by Gasteiger charge is -2.26. The minimum atomic E-state index is -0.839. The zero-order valence-corrected chi connectivity index (χ0v) is 21.7. The van der Waals surface area contributed by atoms with Crippen molar-refractivity contribution in [3.05, 3.63) is 59.0 Å². The van der Waals surface area contributed by atoms with Gasteiger partial charge in [0.05, 0.1) is 18.5 Å². The van der Waals surface area contributed by atoms with Crippen molar-refractivity contribution in [2.24, 2.45) is 5.92 Å². The number of nitrogens with one attached hydrogen (secondary N) is 2. The highest BCUT2D eigenvalue weighted by Crippen LogP contribution is 2.35. The topological polar surface area (TPSA) is 110 Å². The van der Waals surface area contributed by atoms with E-state index in [1.165, 1.54) is 13.2 Å². The van der Waals surface area contributed by atoms with Crippen LogP contribution in [-0.4, -0.2) is 37.8 Å². The maximum Gasteiger partial charge on any atom is 0.408 e. The van der Waals surface area contributed by atoms with Crippen LogP contribution in [0.25, 0.3) is 11.0 Å². The van der Waals surface area contributed by atoms with E-state index in [0.29, 0.717) is 28.4 Å². The fourth-order valence-corrected chi connectivity index (χ4v) is 3.69. The Morgan fingerprint density at radius 2 is 1.75 bits per heavy atom. The van der Waals surface area contributed by atoms with Crippen molar-refractivity contribution in [1.29, 1.82) is 0 Å². The number of hydrogen-bond acceptors (Lipinski definition) is 7. The maximum absolute atomic E-state index is 13.2. The number of carbonyl (C=O) groups is 2. The molecular formula is C27H33N3O6. The van der Waals surface area contributed by atoms with Crippen LogP contribution in [0.4, 0.5) is 21.9 Å². The Labute approximate surface area is 210 Å². The predicted octanol–water partition coefficient (Wildman–Crippen LogP) is 5.06. The van der Waals surface area contributed by atoms with Crippen molar-refractivity contribution >= 4 is 40.0 Å². The van der Waals surface area contributed by atoms with Crippen LogP contribution >= 0.6 is 0 Å². The lowest BCUT2D eigenvalue weighted by Crippen LogP contribution is -2.48. The number of methoxy groups -OCH3 is 1. The zero-order valence-electron chi connectivity index (χ0n) is 21.7. The van der Waals surface area contributed by atoms with Gasteiger partial charge in [-0.15, -0.1) is 0 Å². The first-order chi connectivity index (χ1) is 16.9. The molecule has 9 nitrogen and oxygen atoms in total. The average molecular weight is 496 g/mol. The molecule has 3 aromatic rings. The fraction of sp³-hybridized carbons (Fsp3) is 0.370. The van der Waals surface area contributed by atoms with E-state index in [-0.39, 0.29) is 5.92 Å². The van der Waals surface area contributed by atoms with Crippen LogP contribution in [0, 0.1) is 5.92 Å². The Morgan fingerprint density at radius 1 is 1.06 bits per heavy atom. The van der Waals surface area contributed by atoms with Gasteiger partial charge in [-0.2, -0.15) is 0 Å². The predicted molar refractivity (Wildman–Crippen MR) is 140 cm³/mol. The third kappa shape index (κ3) is 6.35. The van der Waals surface area contributed by atoms with E-state index in [2.05, 4.69) is 10.6 Å². The average Bonchev–Trinajstić information content (AvgIpc) is 2.80. The van der Waals surface area contributed by atoms with Crippen LogP contribution < -0.4 is 25.9 Å². The first-order valence-electron chi connectivity index (χ1n) is 11.6. The second-order valence-electron chi connectivity index (χ2n) is 9.75. The Balaban J connectivity index is 1.91. The van der Waals surface area contributed by atoms with E-state index in [4.69, 9.17) is 13.9 Å². The summed E-state index contributed by atoms with van der Waals surface area (Å²) in [6, 6.07) is 13.1. The van der Waals surface area contributed by atoms with Crippen LogP contribution in [0.3, 0.4) is 0 Å². The Kier molecular flexibility index (Phi) is 7.92. The number of alkyl carbamates (subject to hydrolysis) is 1. The molecule has 0 spiro atoms. The number of ether oxygens (including phenoxy) is 2. The van der Waals surface area contributed by atoms with Gasteiger partial charge in [0.25, 0.3) is 0 Å². The second-order valence-corrected chi connectivity index (χ2v) is 9.75. The van der Waals surface area contributed by atoms with Gasteiger partial charge >= 0.3 is 11.7 Å². The molecule has 1 aromatic heterocycles. The molecule has 36 heavy (non-hydrogen) atoms. The lowest BCUT2D eigenvalue weighted by molar-refractivity contribution is -0.119. The molecule has 1 atom stereocenters. The molecule has 1 unspecified atom stereocenters. The molecule has 0 bridgehead atoms. The van der Waals surface area contributed by atoms with E-state index < -0.39 is 29.3 Å². The van der Waals surface area contributed by atoms with E-state index in [9.17, 15) is 14.4 Å². The Morgan fingerprint density at radius 3 is 2.39 bits per heavy atom. The molecule has 0 fully saturated rings. The van der Waals surface area contributed by atoms with Gasteiger partial charge in [-0.05, 0) is 57.0 Å². The van der Waals surface area contributed by atoms with E-state index >= 15 is 0 Å². The minimum Gasteiger partial charge on any atom is -0.495 e. The molecule has 0 saturated heterocycles. The summed E-state index contributed by atoms with van der Waals surface area (Å²) >= 11 is 0. The van der Waals surface area contributed by atoms with Crippen LogP contribution in [0.5, 0.6) is 5.75 Å². The smallest absolute Gasteiger partial charge is 0.408 e. The summed E-state index contributed by atoms with van der Waals surface area (Å²) in [4.78, 5) is 39.5. The summed E-state index contributed by atoms with van der Waals surface area (Å²) in [6.45, 7) is 8.92. The van der Waals surface area contributed by atoms with Crippen LogP contribution in [0.2, 0.25) is 0 Å². The summed E-state index contributed by atoms with van der Waals surface area (Å²) in [6.07, 6.45) is -0.674. The fourth-order valence-electron chi connectivity index (χ4n) is 3.69. The summed E-state index contributed by atoms with van der Waals surface area (Å²) in [5.41, 5.74) is 1.07. The lowest BCUT2D eigenvalue weighted by atomic mass is 10.0. The minimum absolute atomic E-state index is 0.204. The summed E-state index contributed by atoms with van der Waals surface area (Å²) in [5, 5.41) is 6.28. The number of para-hydroxylation sites is 1. The molecule has 3 rings (SSSR count). The summed E-state index contributed by atoms with van der Waals surface area (Å²) in [7, 11) is 3.32. The van der Waals surface area contributed by atoms with Crippen molar-refractivity contribution in [3.8, 4) is 5.75 Å². The molecule has 1 heterocycles. The molecule has 0 radical (unpaired) electrons. The largest absolute Gasteiger partial charge is 0.495 e. The van der Waals surface area contributed by atoms with Crippen LogP contribution in [-0.2, 0) is 9.53 Å². The number of carbonyl (C=O) groups excluding carboxylic acids is 2. The number of fused-ring (bicyclic) bond motifs is 1. The van der Waals surface area contributed by atoms with Crippen LogP contribution in [0.15, 0.2) is 57.7 Å². The molecule has 0 aliphatic heterocycles. The van der Waals surface area contributed by atoms with Gasteiger partial charge in [0.2, 0.25) is 5.91 Å². The number of hydrogen-bond donors (Lipinski definition) is 2. The molecule has 2 N–H and O–H groups in total. The van der Waals surface area contributed by atoms with E-state index in [0.717, 1.165) is 5.39 Å². The highest BCUT2D eigenvalue weighted by atomic mass is 16.6. The highest BCUT2D eigenvalue weighted by molar-refractivity contribution is 5.99. The molecule has 192 valence electrons. The zero-order chi connectivity index (χ0) is 26.6. The van der Waals surface area contributed by atoms with E-state index in [1.54, 1.807) is 45.0 Å². The van der Waals surface area contributed by atoms with Gasteiger partial charge in [0.1, 0.15) is 23.0 Å². The second kappa shape index (κ2) is 10.7. The standard InChI is InChI=1S/C27H33N3O6/c1-16(2)24(29-26(33)36-27(3,4)5)25(32)28-19-14-17(12-13-22(19)34-7)30(6)20-15-23(31)35-21-11-9-8-10-18(20)21/h8-16,24H,1-7H3,(H,28,32)(H,29,33). The van der Waals surface area contributed by atoms with Crippen molar-refractivity contribution in [3.63, 3.8) is 0 Å². The monoisotopic (exact) mass is 495 g/mol. The molecule has 9 heteroatoms. The van der Waals surface area contributed by atoms with Gasteiger partial charge < -0.3 is 29.4 Å². The van der Waals surface area contributed by atoms with E-state index in [1.807, 2.05) is 44.0 Å². The number of benzene rings is 2. The first kappa shape index (κ1) is 26.6. The SMILES string of the molecule is COc1ccc(N(C)c2cc(=O)oc3ccccc23)cc1NC(=O)C(NC(=O)OC(C)(C)C)C(C)C. The van der Waals surface area contributed by atoms with Gasteiger partial charge in [-0.1, -0.05) is 26.0 Å². The molecular weight excluding hydrogens is 462 g/mol. The number of anilines is 3. The van der Waals surface area contributed by atoms with Crippen molar-refractivity contribution in [2.45, 2.75) is 46.3 Å². The number of amides is 2. The third-order valence-electron chi connectivity index (χ3n) is 5.44. The van der Waals surface area contributed by atoms with Gasteiger partial charge in [-0.3, -0.25) is 4.79 Å². The Bertz CT molecular complexity index is 1310. The van der Waals surface area contributed by atoms with Gasteiger partial charge in [0.15, 0.2) is 0 Å². The first-order valence-corrected chi connectivity index (χ1v) is 11.6. The van der Waals surface area contributed by atoms with Crippen molar-refractivity contribution < 1.29 is 23.5 Å². The Hall–Kier alpha value is -4.01. The van der Waals surface area contributed by atoms with Crippen LogP contribution in [0.1, 0.15) is 34.6 Å².